The monoisotopic (exact) mass is 325 g/mol. The maximum absolute atomic E-state index is 5.96. The molecule has 0 aromatic heterocycles. The summed E-state index contributed by atoms with van der Waals surface area (Å²) in [6, 6.07) is 9.09. The molecule has 2 rings (SSSR count). The van der Waals surface area contributed by atoms with Crippen molar-refractivity contribution in [2.24, 2.45) is 0 Å². The van der Waals surface area contributed by atoms with E-state index in [0.717, 1.165) is 24.0 Å². The van der Waals surface area contributed by atoms with Gasteiger partial charge in [0.15, 0.2) is 0 Å². The van der Waals surface area contributed by atoms with Crippen LogP contribution in [0.15, 0.2) is 28.7 Å². The van der Waals surface area contributed by atoms with Crippen molar-refractivity contribution >= 4 is 15.9 Å². The Balaban J connectivity index is 1.97. The van der Waals surface area contributed by atoms with E-state index in [2.05, 4.69) is 52.4 Å². The fourth-order valence-corrected chi connectivity index (χ4v) is 2.89. The third kappa shape index (κ3) is 4.90. The third-order valence-corrected chi connectivity index (χ3v) is 4.22. The lowest BCUT2D eigenvalue weighted by Gasteiger charge is -2.31. The second-order valence-electron chi connectivity index (χ2n) is 5.30. The van der Waals surface area contributed by atoms with Gasteiger partial charge in [0.1, 0.15) is 0 Å². The van der Waals surface area contributed by atoms with Gasteiger partial charge in [0.25, 0.3) is 0 Å². The van der Waals surface area contributed by atoms with E-state index in [-0.39, 0.29) is 0 Å². The Morgan fingerprint density at radius 2 is 2.11 bits per heavy atom. The molecule has 0 saturated carbocycles. The standard InChI is InChI=1S/C16H24BrNO/c1-2-10-18-15(16-5-3-4-11-19-16)12-13-6-8-14(17)9-7-13/h6-9,15-16,18H,2-5,10-12H2,1H3. The van der Waals surface area contributed by atoms with Crippen LogP contribution in [-0.2, 0) is 11.2 Å². The molecule has 1 saturated heterocycles. The summed E-state index contributed by atoms with van der Waals surface area (Å²) in [6.45, 7) is 4.21. The molecule has 1 aromatic rings. The number of benzene rings is 1. The van der Waals surface area contributed by atoms with E-state index in [9.17, 15) is 0 Å². The van der Waals surface area contributed by atoms with Crippen molar-refractivity contribution in [2.75, 3.05) is 13.2 Å². The molecule has 2 nitrogen and oxygen atoms in total. The van der Waals surface area contributed by atoms with Crippen LogP contribution in [0.1, 0.15) is 38.2 Å². The van der Waals surface area contributed by atoms with Crippen molar-refractivity contribution in [1.82, 2.24) is 5.32 Å². The van der Waals surface area contributed by atoms with E-state index >= 15 is 0 Å². The molecular formula is C16H24BrNO. The first-order valence-corrected chi connectivity index (χ1v) is 8.18. The summed E-state index contributed by atoms with van der Waals surface area (Å²) in [5.41, 5.74) is 1.38. The number of hydrogen-bond acceptors (Lipinski definition) is 2. The average Bonchev–Trinajstić information content (AvgIpc) is 2.46. The fourth-order valence-electron chi connectivity index (χ4n) is 2.62. The lowest BCUT2D eigenvalue weighted by atomic mass is 9.96. The van der Waals surface area contributed by atoms with Gasteiger partial charge in [0, 0.05) is 17.1 Å². The Hall–Kier alpha value is -0.380. The lowest BCUT2D eigenvalue weighted by molar-refractivity contribution is -0.00737. The Morgan fingerprint density at radius 3 is 2.74 bits per heavy atom. The van der Waals surface area contributed by atoms with Gasteiger partial charge >= 0.3 is 0 Å². The molecule has 0 aliphatic carbocycles. The Morgan fingerprint density at radius 1 is 1.32 bits per heavy atom. The molecule has 1 fully saturated rings. The van der Waals surface area contributed by atoms with Gasteiger partial charge in [-0.3, -0.25) is 0 Å². The number of nitrogens with one attached hydrogen (secondary N) is 1. The van der Waals surface area contributed by atoms with Gasteiger partial charge in [-0.05, 0) is 56.3 Å². The van der Waals surface area contributed by atoms with Gasteiger partial charge in [0.2, 0.25) is 0 Å². The summed E-state index contributed by atoms with van der Waals surface area (Å²) in [5.74, 6) is 0. The van der Waals surface area contributed by atoms with Crippen LogP contribution < -0.4 is 5.32 Å². The van der Waals surface area contributed by atoms with E-state index in [0.29, 0.717) is 12.1 Å². The number of rotatable bonds is 6. The van der Waals surface area contributed by atoms with Gasteiger partial charge in [-0.1, -0.05) is 35.0 Å². The fraction of sp³-hybridized carbons (Fsp3) is 0.625. The first kappa shape index (κ1) is 15.0. The van der Waals surface area contributed by atoms with Crippen LogP contribution in [0.3, 0.4) is 0 Å². The van der Waals surface area contributed by atoms with Crippen LogP contribution in [-0.4, -0.2) is 25.3 Å². The molecule has 1 N–H and O–H groups in total. The summed E-state index contributed by atoms with van der Waals surface area (Å²) in [5, 5.41) is 3.67. The normalized spacial score (nSPS) is 21.3. The van der Waals surface area contributed by atoms with E-state index < -0.39 is 0 Å². The predicted molar refractivity (Wildman–Crippen MR) is 83.5 cm³/mol. The summed E-state index contributed by atoms with van der Waals surface area (Å²) >= 11 is 3.49. The maximum Gasteiger partial charge on any atom is 0.0731 e. The highest BCUT2D eigenvalue weighted by atomic mass is 79.9. The van der Waals surface area contributed by atoms with E-state index in [1.165, 1.54) is 31.2 Å². The van der Waals surface area contributed by atoms with Crippen LogP contribution in [0, 0.1) is 0 Å². The van der Waals surface area contributed by atoms with Gasteiger partial charge in [-0.2, -0.15) is 0 Å². The van der Waals surface area contributed by atoms with E-state index in [1.807, 2.05) is 0 Å². The molecule has 1 aliphatic rings. The minimum atomic E-state index is 0.379. The largest absolute Gasteiger partial charge is 0.377 e. The zero-order chi connectivity index (χ0) is 13.5. The van der Waals surface area contributed by atoms with Gasteiger partial charge in [-0.25, -0.2) is 0 Å². The van der Waals surface area contributed by atoms with Gasteiger partial charge in [0.05, 0.1) is 6.10 Å². The van der Waals surface area contributed by atoms with Crippen molar-refractivity contribution < 1.29 is 4.74 Å². The van der Waals surface area contributed by atoms with Crippen LogP contribution in [0.25, 0.3) is 0 Å². The molecule has 19 heavy (non-hydrogen) atoms. The molecule has 0 spiro atoms. The highest BCUT2D eigenvalue weighted by Crippen LogP contribution is 2.19. The highest BCUT2D eigenvalue weighted by molar-refractivity contribution is 9.10. The zero-order valence-electron chi connectivity index (χ0n) is 11.7. The lowest BCUT2D eigenvalue weighted by Crippen LogP contribution is -2.44. The third-order valence-electron chi connectivity index (χ3n) is 3.69. The minimum absolute atomic E-state index is 0.379. The first-order valence-electron chi connectivity index (χ1n) is 7.39. The van der Waals surface area contributed by atoms with Crippen molar-refractivity contribution in [3.05, 3.63) is 34.3 Å². The summed E-state index contributed by atoms with van der Waals surface area (Å²) < 4.78 is 7.10. The Bertz CT molecular complexity index is 360. The van der Waals surface area contributed by atoms with Crippen molar-refractivity contribution in [1.29, 1.82) is 0 Å². The van der Waals surface area contributed by atoms with Gasteiger partial charge < -0.3 is 10.1 Å². The Kier molecular flexibility index (Phi) is 6.35. The van der Waals surface area contributed by atoms with E-state index in [4.69, 9.17) is 4.74 Å². The highest BCUT2D eigenvalue weighted by Gasteiger charge is 2.24. The van der Waals surface area contributed by atoms with E-state index in [1.54, 1.807) is 0 Å². The van der Waals surface area contributed by atoms with Crippen molar-refractivity contribution in [3.8, 4) is 0 Å². The molecule has 106 valence electrons. The predicted octanol–water partition coefficient (Wildman–Crippen LogP) is 3.93. The number of hydrogen-bond donors (Lipinski definition) is 1. The van der Waals surface area contributed by atoms with Crippen LogP contribution in [0.5, 0.6) is 0 Å². The SMILES string of the molecule is CCCNC(Cc1ccc(Br)cc1)C1CCCCO1. The molecule has 1 aliphatic heterocycles. The summed E-state index contributed by atoms with van der Waals surface area (Å²) in [4.78, 5) is 0. The summed E-state index contributed by atoms with van der Waals surface area (Å²) in [7, 11) is 0. The molecule has 1 aromatic carbocycles. The topological polar surface area (TPSA) is 21.3 Å². The van der Waals surface area contributed by atoms with Crippen LogP contribution in [0.2, 0.25) is 0 Å². The number of halogens is 1. The number of ether oxygens (including phenoxy) is 1. The smallest absolute Gasteiger partial charge is 0.0731 e. The molecular weight excluding hydrogens is 302 g/mol. The Labute approximate surface area is 125 Å². The van der Waals surface area contributed by atoms with Crippen molar-refractivity contribution in [3.63, 3.8) is 0 Å². The molecule has 1 heterocycles. The van der Waals surface area contributed by atoms with Gasteiger partial charge in [-0.15, -0.1) is 0 Å². The van der Waals surface area contributed by atoms with Crippen LogP contribution in [0.4, 0.5) is 0 Å². The zero-order valence-corrected chi connectivity index (χ0v) is 13.3. The maximum atomic E-state index is 5.96. The molecule has 3 heteroatoms. The molecule has 2 atom stereocenters. The van der Waals surface area contributed by atoms with Crippen LogP contribution >= 0.6 is 15.9 Å². The second kappa shape index (κ2) is 8.03. The van der Waals surface area contributed by atoms with Crippen molar-refractivity contribution in [2.45, 2.75) is 51.2 Å². The molecule has 0 amide bonds. The molecule has 2 unspecified atom stereocenters. The molecule has 0 bridgehead atoms. The quantitative estimate of drug-likeness (QED) is 0.855. The minimum Gasteiger partial charge on any atom is -0.377 e. The average molecular weight is 326 g/mol. The second-order valence-corrected chi connectivity index (χ2v) is 6.21. The molecule has 0 radical (unpaired) electrons. The summed E-state index contributed by atoms with van der Waals surface area (Å²) in [6.07, 6.45) is 6.31. The first-order chi connectivity index (χ1) is 9.29.